The van der Waals surface area contributed by atoms with Crippen molar-refractivity contribution in [1.29, 1.82) is 0 Å². The Labute approximate surface area is 108 Å². The predicted molar refractivity (Wildman–Crippen MR) is 77.9 cm³/mol. The monoisotopic (exact) mass is 321 g/mol. The number of para-hydroxylation sites is 1. The van der Waals surface area contributed by atoms with E-state index in [1.807, 2.05) is 0 Å². The quantitative estimate of drug-likeness (QED) is 0.546. The van der Waals surface area contributed by atoms with Crippen LogP contribution in [0.3, 0.4) is 0 Å². The molecule has 1 nitrogen and oxygen atoms in total. The lowest BCUT2D eigenvalue weighted by molar-refractivity contribution is 1.01. The SMILES string of the molecule is Cc1ccc(I)c2c3ccccc3n(C)c12. The number of aryl methyl sites for hydroxylation is 2. The highest BCUT2D eigenvalue weighted by Crippen LogP contribution is 2.33. The van der Waals surface area contributed by atoms with Crippen LogP contribution >= 0.6 is 22.6 Å². The number of halogens is 1. The summed E-state index contributed by atoms with van der Waals surface area (Å²) in [5.41, 5.74) is 4.01. The van der Waals surface area contributed by atoms with Crippen molar-refractivity contribution >= 4 is 44.4 Å². The van der Waals surface area contributed by atoms with Crippen molar-refractivity contribution in [2.45, 2.75) is 6.92 Å². The molecule has 0 unspecified atom stereocenters. The molecule has 0 saturated heterocycles. The average molecular weight is 321 g/mol. The van der Waals surface area contributed by atoms with Crippen LogP contribution in [0.15, 0.2) is 36.4 Å². The van der Waals surface area contributed by atoms with Crippen LogP contribution in [-0.2, 0) is 7.05 Å². The van der Waals surface area contributed by atoms with Gasteiger partial charge in [0.05, 0.1) is 5.52 Å². The minimum atomic E-state index is 1.31. The zero-order chi connectivity index (χ0) is 11.3. The molecule has 0 fully saturated rings. The molecule has 2 aromatic carbocycles. The summed E-state index contributed by atoms with van der Waals surface area (Å²) in [6, 6.07) is 13.0. The summed E-state index contributed by atoms with van der Waals surface area (Å²) >= 11 is 2.42. The fourth-order valence-electron chi connectivity index (χ4n) is 2.46. The zero-order valence-electron chi connectivity index (χ0n) is 9.29. The maximum Gasteiger partial charge on any atom is 0.0529 e. The lowest BCUT2D eigenvalue weighted by atomic mass is 10.1. The van der Waals surface area contributed by atoms with Crippen molar-refractivity contribution in [1.82, 2.24) is 4.57 Å². The van der Waals surface area contributed by atoms with E-state index >= 15 is 0 Å². The third-order valence-corrected chi connectivity index (χ3v) is 4.10. The Kier molecular flexibility index (Phi) is 2.21. The van der Waals surface area contributed by atoms with Crippen molar-refractivity contribution in [2.24, 2.45) is 7.05 Å². The Morgan fingerprint density at radius 2 is 1.81 bits per heavy atom. The van der Waals surface area contributed by atoms with E-state index in [2.05, 4.69) is 77.5 Å². The standard InChI is InChI=1S/C14H12IN/c1-9-7-8-11(15)13-10-5-3-4-6-12(10)16(2)14(9)13/h3-8H,1-2H3. The van der Waals surface area contributed by atoms with Crippen molar-refractivity contribution < 1.29 is 0 Å². The molecule has 0 aliphatic heterocycles. The number of rotatable bonds is 0. The van der Waals surface area contributed by atoms with Gasteiger partial charge in [-0.1, -0.05) is 24.3 Å². The third kappa shape index (κ3) is 1.22. The van der Waals surface area contributed by atoms with Crippen molar-refractivity contribution in [3.63, 3.8) is 0 Å². The molecule has 1 heterocycles. The first-order chi connectivity index (χ1) is 7.70. The zero-order valence-corrected chi connectivity index (χ0v) is 11.4. The summed E-state index contributed by atoms with van der Waals surface area (Å²) in [4.78, 5) is 0. The largest absolute Gasteiger partial charge is 0.343 e. The van der Waals surface area contributed by atoms with E-state index in [-0.39, 0.29) is 0 Å². The number of hydrogen-bond donors (Lipinski definition) is 0. The summed E-state index contributed by atoms with van der Waals surface area (Å²) in [6.45, 7) is 2.18. The van der Waals surface area contributed by atoms with E-state index < -0.39 is 0 Å². The molecule has 0 bridgehead atoms. The Morgan fingerprint density at radius 1 is 1.06 bits per heavy atom. The van der Waals surface area contributed by atoms with Crippen LogP contribution < -0.4 is 0 Å². The third-order valence-electron chi connectivity index (χ3n) is 3.20. The number of fused-ring (bicyclic) bond motifs is 3. The molecule has 0 spiro atoms. The van der Waals surface area contributed by atoms with Gasteiger partial charge in [-0.25, -0.2) is 0 Å². The van der Waals surface area contributed by atoms with Crippen LogP contribution in [0.2, 0.25) is 0 Å². The van der Waals surface area contributed by atoms with Gasteiger partial charge < -0.3 is 4.57 Å². The first kappa shape index (κ1) is 10.1. The van der Waals surface area contributed by atoms with Crippen LogP contribution in [0, 0.1) is 10.5 Å². The Morgan fingerprint density at radius 3 is 2.62 bits per heavy atom. The van der Waals surface area contributed by atoms with Crippen molar-refractivity contribution in [3.05, 3.63) is 45.5 Å². The van der Waals surface area contributed by atoms with Gasteiger partial charge in [0.25, 0.3) is 0 Å². The average Bonchev–Trinajstić information content (AvgIpc) is 2.60. The summed E-state index contributed by atoms with van der Waals surface area (Å²) in [5.74, 6) is 0. The van der Waals surface area contributed by atoms with Gasteiger partial charge in [0, 0.05) is 26.9 Å². The molecule has 0 aliphatic rings. The molecular formula is C14H12IN. The smallest absolute Gasteiger partial charge is 0.0529 e. The second-order valence-electron chi connectivity index (χ2n) is 4.16. The summed E-state index contributed by atoms with van der Waals surface area (Å²) in [6.07, 6.45) is 0. The van der Waals surface area contributed by atoms with Gasteiger partial charge >= 0.3 is 0 Å². The minimum absolute atomic E-state index is 1.31. The van der Waals surface area contributed by atoms with Crippen LogP contribution in [0.4, 0.5) is 0 Å². The van der Waals surface area contributed by atoms with Gasteiger partial charge in [0.15, 0.2) is 0 Å². The second kappa shape index (κ2) is 3.48. The van der Waals surface area contributed by atoms with Gasteiger partial charge in [0.1, 0.15) is 0 Å². The van der Waals surface area contributed by atoms with E-state index in [4.69, 9.17) is 0 Å². The molecule has 3 rings (SSSR count). The van der Waals surface area contributed by atoms with Crippen LogP contribution in [0.5, 0.6) is 0 Å². The van der Waals surface area contributed by atoms with E-state index in [1.165, 1.54) is 30.9 Å². The molecule has 3 aromatic rings. The van der Waals surface area contributed by atoms with Crippen LogP contribution in [0.1, 0.15) is 5.56 Å². The maximum atomic E-state index is 2.42. The van der Waals surface area contributed by atoms with Gasteiger partial charge in [-0.15, -0.1) is 0 Å². The van der Waals surface area contributed by atoms with Gasteiger partial charge in [0.2, 0.25) is 0 Å². The lowest BCUT2D eigenvalue weighted by Gasteiger charge is -2.02. The summed E-state index contributed by atoms with van der Waals surface area (Å²) in [7, 11) is 2.15. The highest BCUT2D eigenvalue weighted by atomic mass is 127. The lowest BCUT2D eigenvalue weighted by Crippen LogP contribution is -1.89. The molecule has 0 atom stereocenters. The number of aromatic nitrogens is 1. The normalized spacial score (nSPS) is 11.4. The summed E-state index contributed by atoms with van der Waals surface area (Å²) < 4.78 is 3.62. The van der Waals surface area contributed by atoms with Crippen LogP contribution in [-0.4, -0.2) is 4.57 Å². The molecule has 16 heavy (non-hydrogen) atoms. The number of benzene rings is 2. The van der Waals surface area contributed by atoms with E-state index in [1.54, 1.807) is 0 Å². The first-order valence-electron chi connectivity index (χ1n) is 5.32. The molecule has 0 aliphatic carbocycles. The molecule has 1 aromatic heterocycles. The minimum Gasteiger partial charge on any atom is -0.343 e. The fourth-order valence-corrected chi connectivity index (χ4v) is 3.18. The first-order valence-corrected chi connectivity index (χ1v) is 6.40. The second-order valence-corrected chi connectivity index (χ2v) is 5.33. The number of hydrogen-bond acceptors (Lipinski definition) is 0. The van der Waals surface area contributed by atoms with Gasteiger partial charge in [-0.3, -0.25) is 0 Å². The topological polar surface area (TPSA) is 4.93 Å². The molecule has 0 N–H and O–H groups in total. The molecule has 2 heteroatoms. The van der Waals surface area contributed by atoms with Gasteiger partial charge in [-0.05, 0) is 47.2 Å². The van der Waals surface area contributed by atoms with Crippen LogP contribution in [0.25, 0.3) is 21.8 Å². The van der Waals surface area contributed by atoms with Crippen molar-refractivity contribution in [2.75, 3.05) is 0 Å². The number of nitrogens with zero attached hydrogens (tertiary/aromatic N) is 1. The molecular weight excluding hydrogens is 309 g/mol. The molecule has 80 valence electrons. The summed E-state index contributed by atoms with van der Waals surface area (Å²) in [5, 5.41) is 2.74. The van der Waals surface area contributed by atoms with Gasteiger partial charge in [-0.2, -0.15) is 0 Å². The Bertz CT molecular complexity index is 695. The van der Waals surface area contributed by atoms with E-state index in [9.17, 15) is 0 Å². The Hall–Kier alpha value is -1.03. The molecule has 0 radical (unpaired) electrons. The van der Waals surface area contributed by atoms with E-state index in [0.29, 0.717) is 0 Å². The molecule has 0 amide bonds. The highest BCUT2D eigenvalue weighted by Gasteiger charge is 2.11. The fraction of sp³-hybridized carbons (Fsp3) is 0.143. The van der Waals surface area contributed by atoms with Crippen molar-refractivity contribution in [3.8, 4) is 0 Å². The molecule has 0 saturated carbocycles. The predicted octanol–water partition coefficient (Wildman–Crippen LogP) is 4.24. The Balaban J connectivity index is 2.72. The van der Waals surface area contributed by atoms with E-state index in [0.717, 1.165) is 0 Å². The maximum absolute atomic E-state index is 2.42. The highest BCUT2D eigenvalue weighted by molar-refractivity contribution is 14.1.